The van der Waals surface area contributed by atoms with Gasteiger partial charge in [-0.05, 0) is 37.6 Å². The van der Waals surface area contributed by atoms with Crippen LogP contribution in [0.1, 0.15) is 18.2 Å². The van der Waals surface area contributed by atoms with Crippen molar-refractivity contribution in [2.45, 2.75) is 13.8 Å². The van der Waals surface area contributed by atoms with E-state index in [-0.39, 0.29) is 11.1 Å². The molecule has 0 atom stereocenters. The van der Waals surface area contributed by atoms with Crippen LogP contribution in [0, 0.1) is 18.3 Å². The maximum atomic E-state index is 11.9. The third kappa shape index (κ3) is 2.90. The first kappa shape index (κ1) is 14.7. The Labute approximate surface area is 122 Å². The molecule has 5 nitrogen and oxygen atoms in total. The predicted molar refractivity (Wildman–Crippen MR) is 79.7 cm³/mol. The van der Waals surface area contributed by atoms with Crippen molar-refractivity contribution in [3.05, 3.63) is 45.9 Å². The summed E-state index contributed by atoms with van der Waals surface area (Å²) in [6, 6.07) is 9.07. The number of benzene rings is 1. The summed E-state index contributed by atoms with van der Waals surface area (Å²) in [5.74, 6) is 1.19. The molecule has 0 aliphatic carbocycles. The number of hydrogen-bond donors (Lipinski definition) is 1. The van der Waals surface area contributed by atoms with Gasteiger partial charge in [0.1, 0.15) is 11.6 Å². The van der Waals surface area contributed by atoms with E-state index in [1.54, 1.807) is 38.3 Å². The highest BCUT2D eigenvalue weighted by Gasteiger charge is 2.13. The van der Waals surface area contributed by atoms with Gasteiger partial charge in [0.25, 0.3) is 5.56 Å². The number of hydrogen-bond acceptors (Lipinski definition) is 4. The minimum Gasteiger partial charge on any atom is -0.493 e. The summed E-state index contributed by atoms with van der Waals surface area (Å²) >= 11 is 0. The minimum absolute atomic E-state index is 0.0909. The van der Waals surface area contributed by atoms with Crippen molar-refractivity contribution in [2.75, 3.05) is 13.7 Å². The highest BCUT2D eigenvalue weighted by Crippen LogP contribution is 2.33. The lowest BCUT2D eigenvalue weighted by atomic mass is 10.0. The zero-order chi connectivity index (χ0) is 15.4. The molecule has 1 aromatic carbocycles. The number of nitrogens with zero attached hydrogens (tertiary/aromatic N) is 1. The van der Waals surface area contributed by atoms with Crippen LogP contribution >= 0.6 is 0 Å². The molecule has 21 heavy (non-hydrogen) atoms. The van der Waals surface area contributed by atoms with Crippen LogP contribution in [-0.2, 0) is 0 Å². The second-order valence-corrected chi connectivity index (χ2v) is 4.48. The number of aryl methyl sites for hydroxylation is 1. The normalized spacial score (nSPS) is 10.0. The second-order valence-electron chi connectivity index (χ2n) is 4.48. The van der Waals surface area contributed by atoms with Gasteiger partial charge in [-0.2, -0.15) is 5.26 Å². The van der Waals surface area contributed by atoms with Crippen LogP contribution in [0.4, 0.5) is 0 Å². The van der Waals surface area contributed by atoms with E-state index in [4.69, 9.17) is 9.47 Å². The molecule has 0 amide bonds. The Morgan fingerprint density at radius 1 is 1.29 bits per heavy atom. The third-order valence-corrected chi connectivity index (χ3v) is 3.05. The molecular weight excluding hydrogens is 268 g/mol. The van der Waals surface area contributed by atoms with Gasteiger partial charge < -0.3 is 14.5 Å². The fraction of sp³-hybridized carbons (Fsp3) is 0.250. The molecule has 0 aliphatic rings. The lowest BCUT2D eigenvalue weighted by Gasteiger charge is -2.12. The van der Waals surface area contributed by atoms with E-state index in [9.17, 15) is 10.1 Å². The van der Waals surface area contributed by atoms with Crippen molar-refractivity contribution in [2.24, 2.45) is 0 Å². The molecule has 0 radical (unpaired) electrons. The first-order chi connectivity index (χ1) is 10.1. The number of H-pyrrole nitrogens is 1. The maximum absolute atomic E-state index is 11.9. The minimum atomic E-state index is -0.388. The van der Waals surface area contributed by atoms with Crippen LogP contribution in [0.3, 0.4) is 0 Å². The van der Waals surface area contributed by atoms with Crippen LogP contribution in [-0.4, -0.2) is 18.7 Å². The fourth-order valence-electron chi connectivity index (χ4n) is 2.14. The summed E-state index contributed by atoms with van der Waals surface area (Å²) in [5, 5.41) is 9.20. The lowest BCUT2D eigenvalue weighted by molar-refractivity contribution is 0.311. The molecule has 5 heteroatoms. The van der Waals surface area contributed by atoms with Crippen molar-refractivity contribution < 1.29 is 9.47 Å². The van der Waals surface area contributed by atoms with Crippen LogP contribution in [0.15, 0.2) is 29.1 Å². The molecule has 1 N–H and O–H groups in total. The van der Waals surface area contributed by atoms with E-state index in [2.05, 4.69) is 4.98 Å². The van der Waals surface area contributed by atoms with Crippen molar-refractivity contribution in [1.29, 1.82) is 5.26 Å². The van der Waals surface area contributed by atoms with Gasteiger partial charge in [0, 0.05) is 11.3 Å². The highest BCUT2D eigenvalue weighted by atomic mass is 16.5. The lowest BCUT2D eigenvalue weighted by Crippen LogP contribution is -2.12. The Morgan fingerprint density at radius 3 is 2.67 bits per heavy atom. The van der Waals surface area contributed by atoms with Gasteiger partial charge in [0.15, 0.2) is 11.5 Å². The van der Waals surface area contributed by atoms with E-state index < -0.39 is 0 Å². The molecule has 0 saturated heterocycles. The Morgan fingerprint density at radius 2 is 2.05 bits per heavy atom. The Bertz CT molecular complexity index is 757. The monoisotopic (exact) mass is 284 g/mol. The molecule has 0 unspecified atom stereocenters. The molecule has 2 rings (SSSR count). The topological polar surface area (TPSA) is 75.1 Å². The number of aromatic nitrogens is 1. The number of nitriles is 1. The van der Waals surface area contributed by atoms with E-state index in [1.807, 2.05) is 13.0 Å². The summed E-state index contributed by atoms with van der Waals surface area (Å²) in [6.07, 6.45) is 0. The molecule has 0 aliphatic heterocycles. The van der Waals surface area contributed by atoms with E-state index >= 15 is 0 Å². The van der Waals surface area contributed by atoms with Gasteiger partial charge in [0.2, 0.25) is 0 Å². The first-order valence-electron chi connectivity index (χ1n) is 6.56. The van der Waals surface area contributed by atoms with E-state index in [0.717, 1.165) is 5.56 Å². The molecule has 0 saturated carbocycles. The average molecular weight is 284 g/mol. The quantitative estimate of drug-likeness (QED) is 0.936. The maximum Gasteiger partial charge on any atom is 0.266 e. The molecule has 108 valence electrons. The number of methoxy groups -OCH3 is 1. The number of nitrogens with one attached hydrogen (secondary N) is 1. The van der Waals surface area contributed by atoms with Gasteiger partial charge in [-0.3, -0.25) is 4.79 Å². The number of pyridine rings is 1. The number of ether oxygens (including phenoxy) is 2. The van der Waals surface area contributed by atoms with Gasteiger partial charge in [-0.15, -0.1) is 0 Å². The summed E-state index contributed by atoms with van der Waals surface area (Å²) in [5.41, 5.74) is 1.73. The van der Waals surface area contributed by atoms with Gasteiger partial charge in [-0.25, -0.2) is 0 Å². The van der Waals surface area contributed by atoms with Gasteiger partial charge in [-0.1, -0.05) is 6.07 Å². The SMILES string of the molecule is CCOc1cc(-c2cc(C)[nH]c(=O)c2C#N)ccc1OC. The summed E-state index contributed by atoms with van der Waals surface area (Å²) in [4.78, 5) is 14.5. The van der Waals surface area contributed by atoms with Crippen molar-refractivity contribution in [1.82, 2.24) is 4.98 Å². The highest BCUT2D eigenvalue weighted by molar-refractivity contribution is 5.72. The fourth-order valence-corrected chi connectivity index (χ4v) is 2.14. The molecular formula is C16H16N2O3. The summed E-state index contributed by atoms with van der Waals surface area (Å²) in [6.45, 7) is 4.16. The van der Waals surface area contributed by atoms with Crippen molar-refractivity contribution in [3.8, 4) is 28.7 Å². The number of rotatable bonds is 4. The summed E-state index contributed by atoms with van der Waals surface area (Å²) in [7, 11) is 1.57. The molecule has 0 spiro atoms. The Hall–Kier alpha value is -2.74. The van der Waals surface area contributed by atoms with Crippen LogP contribution < -0.4 is 15.0 Å². The van der Waals surface area contributed by atoms with Crippen molar-refractivity contribution in [3.63, 3.8) is 0 Å². The second kappa shape index (κ2) is 6.14. The smallest absolute Gasteiger partial charge is 0.266 e. The van der Waals surface area contributed by atoms with E-state index in [0.29, 0.717) is 29.4 Å². The summed E-state index contributed by atoms with van der Waals surface area (Å²) < 4.78 is 10.8. The molecule has 0 fully saturated rings. The standard InChI is InChI=1S/C16H16N2O3/c1-4-21-15-8-11(5-6-14(15)20-3)12-7-10(2)18-16(19)13(12)9-17/h5-8H,4H2,1-3H3,(H,18,19). The average Bonchev–Trinajstić information content (AvgIpc) is 2.47. The first-order valence-corrected chi connectivity index (χ1v) is 6.56. The Balaban J connectivity index is 2.65. The number of aromatic amines is 1. The molecule has 2 aromatic rings. The van der Waals surface area contributed by atoms with Gasteiger partial charge in [0.05, 0.1) is 13.7 Å². The molecule has 0 bridgehead atoms. The van der Waals surface area contributed by atoms with Crippen LogP contribution in [0.5, 0.6) is 11.5 Å². The third-order valence-electron chi connectivity index (χ3n) is 3.05. The molecule has 1 heterocycles. The zero-order valence-corrected chi connectivity index (χ0v) is 12.2. The molecule has 1 aromatic heterocycles. The van der Waals surface area contributed by atoms with Gasteiger partial charge >= 0.3 is 0 Å². The van der Waals surface area contributed by atoms with Crippen LogP contribution in [0.25, 0.3) is 11.1 Å². The Kier molecular flexibility index (Phi) is 4.29. The van der Waals surface area contributed by atoms with E-state index in [1.165, 1.54) is 0 Å². The largest absolute Gasteiger partial charge is 0.493 e. The zero-order valence-electron chi connectivity index (χ0n) is 12.2. The predicted octanol–water partition coefficient (Wildman–Crippen LogP) is 2.63. The van der Waals surface area contributed by atoms with Crippen molar-refractivity contribution >= 4 is 0 Å². The van der Waals surface area contributed by atoms with Crippen LogP contribution in [0.2, 0.25) is 0 Å².